The third-order valence-corrected chi connectivity index (χ3v) is 3.73. The van der Waals surface area contributed by atoms with E-state index in [0.29, 0.717) is 30.2 Å². The van der Waals surface area contributed by atoms with Crippen LogP contribution in [0.1, 0.15) is 10.4 Å². The Morgan fingerprint density at radius 2 is 1.62 bits per heavy atom. The molecule has 122 valence electrons. The maximum Gasteiger partial charge on any atom is 0.251 e. The van der Waals surface area contributed by atoms with Gasteiger partial charge in [0.2, 0.25) is 0 Å². The lowest BCUT2D eigenvalue weighted by atomic mass is 10.1. The second-order valence-corrected chi connectivity index (χ2v) is 5.32. The summed E-state index contributed by atoms with van der Waals surface area (Å²) in [6.45, 7) is 0.795. The van der Waals surface area contributed by atoms with Gasteiger partial charge < -0.3 is 14.8 Å². The number of carbonyl (C=O) groups excluding carboxylic acids is 1. The van der Waals surface area contributed by atoms with Crippen LogP contribution >= 0.6 is 0 Å². The van der Waals surface area contributed by atoms with Gasteiger partial charge in [0.1, 0.15) is 6.61 Å². The van der Waals surface area contributed by atoms with E-state index in [-0.39, 0.29) is 5.91 Å². The van der Waals surface area contributed by atoms with Crippen LogP contribution < -0.4 is 14.8 Å². The van der Waals surface area contributed by atoms with E-state index in [0.717, 1.165) is 10.8 Å². The van der Waals surface area contributed by atoms with Gasteiger partial charge in [-0.3, -0.25) is 4.79 Å². The van der Waals surface area contributed by atoms with Crippen LogP contribution in [0.4, 0.5) is 0 Å². The predicted molar refractivity (Wildman–Crippen MR) is 94.8 cm³/mol. The molecule has 0 fully saturated rings. The summed E-state index contributed by atoms with van der Waals surface area (Å²) in [5, 5.41) is 5.04. The standard InChI is InChI=1S/C20H19NO3/c1-23-18-8-4-5-9-19(18)24-13-12-21-20(22)17-11-10-15-6-2-3-7-16(15)14-17/h2-11,14H,12-13H2,1H3,(H,21,22). The van der Waals surface area contributed by atoms with Crippen molar-refractivity contribution in [2.75, 3.05) is 20.3 Å². The molecule has 0 spiro atoms. The molecule has 0 aliphatic carbocycles. The van der Waals surface area contributed by atoms with Crippen molar-refractivity contribution in [3.8, 4) is 11.5 Å². The molecule has 0 unspecified atom stereocenters. The number of methoxy groups -OCH3 is 1. The predicted octanol–water partition coefficient (Wildman–Crippen LogP) is 3.66. The van der Waals surface area contributed by atoms with Gasteiger partial charge in [-0.15, -0.1) is 0 Å². The first kappa shape index (κ1) is 15.9. The molecule has 24 heavy (non-hydrogen) atoms. The Hall–Kier alpha value is -3.01. The number of benzene rings is 3. The highest BCUT2D eigenvalue weighted by molar-refractivity contribution is 5.98. The topological polar surface area (TPSA) is 47.6 Å². The molecule has 0 aliphatic heterocycles. The van der Waals surface area contributed by atoms with Crippen LogP contribution in [-0.2, 0) is 0 Å². The van der Waals surface area contributed by atoms with Gasteiger partial charge >= 0.3 is 0 Å². The number of amides is 1. The average molecular weight is 321 g/mol. The first-order valence-corrected chi connectivity index (χ1v) is 7.81. The number of hydrogen-bond donors (Lipinski definition) is 1. The molecule has 4 heteroatoms. The molecular formula is C20H19NO3. The molecule has 3 aromatic carbocycles. The van der Waals surface area contributed by atoms with Crippen molar-refractivity contribution in [1.29, 1.82) is 0 Å². The fourth-order valence-electron chi connectivity index (χ4n) is 2.50. The zero-order valence-electron chi connectivity index (χ0n) is 13.5. The van der Waals surface area contributed by atoms with Crippen LogP contribution in [-0.4, -0.2) is 26.2 Å². The van der Waals surface area contributed by atoms with Crippen LogP contribution in [0.15, 0.2) is 66.7 Å². The summed E-state index contributed by atoms with van der Waals surface area (Å²) in [5.41, 5.74) is 0.644. The molecule has 0 bridgehead atoms. The minimum atomic E-state index is -0.107. The summed E-state index contributed by atoms with van der Waals surface area (Å²) in [6, 6.07) is 21.1. The van der Waals surface area contributed by atoms with Gasteiger partial charge in [0, 0.05) is 5.56 Å². The fourth-order valence-corrected chi connectivity index (χ4v) is 2.50. The summed E-state index contributed by atoms with van der Waals surface area (Å²) < 4.78 is 10.9. The molecule has 0 aromatic heterocycles. The van der Waals surface area contributed by atoms with E-state index >= 15 is 0 Å². The van der Waals surface area contributed by atoms with E-state index in [2.05, 4.69) is 5.32 Å². The van der Waals surface area contributed by atoms with Crippen molar-refractivity contribution in [2.45, 2.75) is 0 Å². The van der Waals surface area contributed by atoms with Gasteiger partial charge in [-0.25, -0.2) is 0 Å². The van der Waals surface area contributed by atoms with Crippen molar-refractivity contribution in [3.05, 3.63) is 72.3 Å². The van der Waals surface area contributed by atoms with E-state index in [1.165, 1.54) is 0 Å². The van der Waals surface area contributed by atoms with Crippen LogP contribution in [0.5, 0.6) is 11.5 Å². The van der Waals surface area contributed by atoms with Crippen LogP contribution in [0.25, 0.3) is 10.8 Å². The van der Waals surface area contributed by atoms with Gasteiger partial charge in [0.15, 0.2) is 11.5 Å². The maximum absolute atomic E-state index is 12.2. The van der Waals surface area contributed by atoms with Crippen LogP contribution in [0.3, 0.4) is 0 Å². The van der Waals surface area contributed by atoms with E-state index in [4.69, 9.17) is 9.47 Å². The summed E-state index contributed by atoms with van der Waals surface area (Å²) in [7, 11) is 1.60. The molecule has 0 heterocycles. The van der Waals surface area contributed by atoms with Crippen molar-refractivity contribution >= 4 is 16.7 Å². The SMILES string of the molecule is COc1ccccc1OCCNC(=O)c1ccc2ccccc2c1. The second-order valence-electron chi connectivity index (χ2n) is 5.32. The zero-order valence-corrected chi connectivity index (χ0v) is 13.5. The Bertz CT molecular complexity index is 845. The van der Waals surface area contributed by atoms with Crippen LogP contribution in [0.2, 0.25) is 0 Å². The number of ether oxygens (including phenoxy) is 2. The highest BCUT2D eigenvalue weighted by Crippen LogP contribution is 2.25. The Morgan fingerprint density at radius 3 is 2.42 bits per heavy atom. The number of hydrogen-bond acceptors (Lipinski definition) is 3. The minimum Gasteiger partial charge on any atom is -0.493 e. The Morgan fingerprint density at radius 1 is 0.917 bits per heavy atom. The molecule has 1 amide bonds. The fraction of sp³-hybridized carbons (Fsp3) is 0.150. The smallest absolute Gasteiger partial charge is 0.251 e. The number of rotatable bonds is 6. The average Bonchev–Trinajstić information content (AvgIpc) is 2.65. The van der Waals surface area contributed by atoms with E-state index in [1.807, 2.05) is 66.7 Å². The molecular weight excluding hydrogens is 302 g/mol. The Balaban J connectivity index is 1.55. The lowest BCUT2D eigenvalue weighted by Crippen LogP contribution is -2.28. The molecule has 0 aliphatic rings. The summed E-state index contributed by atoms with van der Waals surface area (Å²) in [5.74, 6) is 1.24. The van der Waals surface area contributed by atoms with E-state index < -0.39 is 0 Å². The summed E-state index contributed by atoms with van der Waals surface area (Å²) in [4.78, 5) is 12.2. The van der Waals surface area contributed by atoms with Gasteiger partial charge in [-0.05, 0) is 35.0 Å². The molecule has 0 atom stereocenters. The Labute approximate surface area is 141 Å². The molecule has 4 nitrogen and oxygen atoms in total. The monoisotopic (exact) mass is 321 g/mol. The summed E-state index contributed by atoms with van der Waals surface area (Å²) in [6.07, 6.45) is 0. The number of carbonyl (C=O) groups is 1. The van der Waals surface area contributed by atoms with Crippen molar-refractivity contribution < 1.29 is 14.3 Å². The Kier molecular flexibility index (Phi) is 4.96. The zero-order chi connectivity index (χ0) is 16.8. The van der Waals surface area contributed by atoms with Crippen molar-refractivity contribution in [1.82, 2.24) is 5.32 Å². The van der Waals surface area contributed by atoms with Gasteiger partial charge in [0.05, 0.1) is 13.7 Å². The molecule has 3 aromatic rings. The quantitative estimate of drug-likeness (QED) is 0.705. The first-order valence-electron chi connectivity index (χ1n) is 7.81. The van der Waals surface area contributed by atoms with E-state index in [1.54, 1.807) is 7.11 Å². The number of nitrogens with one attached hydrogen (secondary N) is 1. The molecule has 0 radical (unpaired) electrons. The lowest BCUT2D eigenvalue weighted by molar-refractivity contribution is 0.0947. The summed E-state index contributed by atoms with van der Waals surface area (Å²) >= 11 is 0. The normalized spacial score (nSPS) is 10.4. The first-order chi connectivity index (χ1) is 11.8. The third kappa shape index (κ3) is 3.66. The number of fused-ring (bicyclic) bond motifs is 1. The van der Waals surface area contributed by atoms with Gasteiger partial charge in [-0.2, -0.15) is 0 Å². The van der Waals surface area contributed by atoms with Gasteiger partial charge in [0.25, 0.3) is 5.91 Å². The maximum atomic E-state index is 12.2. The highest BCUT2D eigenvalue weighted by atomic mass is 16.5. The van der Waals surface area contributed by atoms with Crippen molar-refractivity contribution in [3.63, 3.8) is 0 Å². The third-order valence-electron chi connectivity index (χ3n) is 3.73. The second kappa shape index (κ2) is 7.51. The molecule has 1 N–H and O–H groups in total. The molecule has 0 saturated carbocycles. The minimum absolute atomic E-state index is 0.107. The van der Waals surface area contributed by atoms with Crippen LogP contribution in [0, 0.1) is 0 Å². The lowest BCUT2D eigenvalue weighted by Gasteiger charge is -2.11. The van der Waals surface area contributed by atoms with Gasteiger partial charge in [-0.1, -0.05) is 42.5 Å². The molecule has 0 saturated heterocycles. The largest absolute Gasteiger partial charge is 0.493 e. The highest BCUT2D eigenvalue weighted by Gasteiger charge is 2.06. The van der Waals surface area contributed by atoms with E-state index in [9.17, 15) is 4.79 Å². The molecule has 3 rings (SSSR count). The number of para-hydroxylation sites is 2. The van der Waals surface area contributed by atoms with Crippen molar-refractivity contribution in [2.24, 2.45) is 0 Å².